The Morgan fingerprint density at radius 1 is 1.31 bits per heavy atom. The van der Waals surface area contributed by atoms with E-state index in [4.69, 9.17) is 12.2 Å². The van der Waals surface area contributed by atoms with Crippen LogP contribution in [-0.2, 0) is 5.75 Å². The van der Waals surface area contributed by atoms with E-state index in [1.165, 1.54) is 17.8 Å². The molecule has 1 rings (SSSR count). The molecule has 0 atom stereocenters. The van der Waals surface area contributed by atoms with Gasteiger partial charge in [0.25, 0.3) is 0 Å². The summed E-state index contributed by atoms with van der Waals surface area (Å²) in [4.78, 5) is 2.10. The van der Waals surface area contributed by atoms with E-state index in [1.807, 2.05) is 6.07 Å². The zero-order chi connectivity index (χ0) is 12.0. The molecule has 0 N–H and O–H groups in total. The number of benzene rings is 1. The molecule has 1 aromatic rings. The summed E-state index contributed by atoms with van der Waals surface area (Å²) in [7, 11) is 0. The van der Waals surface area contributed by atoms with E-state index in [0.717, 1.165) is 17.4 Å². The minimum absolute atomic E-state index is 0.155. The Kier molecular flexibility index (Phi) is 5.77. The van der Waals surface area contributed by atoms with Gasteiger partial charge in [0.05, 0.1) is 0 Å². The van der Waals surface area contributed by atoms with Crippen LogP contribution in [0.3, 0.4) is 0 Å². The minimum atomic E-state index is -0.155. The van der Waals surface area contributed by atoms with Crippen LogP contribution in [0.5, 0.6) is 0 Å². The topological polar surface area (TPSA) is 3.24 Å². The van der Waals surface area contributed by atoms with Crippen molar-refractivity contribution in [3.8, 4) is 0 Å². The summed E-state index contributed by atoms with van der Waals surface area (Å²) in [5, 5.41) is 0. The largest absolute Gasteiger partial charge is 0.358 e. The predicted molar refractivity (Wildman–Crippen MR) is 73.2 cm³/mol. The first-order chi connectivity index (χ1) is 7.69. The quantitative estimate of drug-likeness (QED) is 0.757. The highest BCUT2D eigenvalue weighted by atomic mass is 32.2. The van der Waals surface area contributed by atoms with Crippen LogP contribution < -0.4 is 0 Å². The van der Waals surface area contributed by atoms with Gasteiger partial charge in [0.2, 0.25) is 0 Å². The number of halogens is 1. The molecule has 1 nitrogen and oxygen atoms in total. The van der Waals surface area contributed by atoms with E-state index in [1.54, 1.807) is 12.1 Å². The van der Waals surface area contributed by atoms with Crippen LogP contribution in [-0.4, -0.2) is 22.3 Å². The summed E-state index contributed by atoms with van der Waals surface area (Å²) < 4.78 is 14.2. The second kappa shape index (κ2) is 6.86. The average molecular weight is 257 g/mol. The van der Waals surface area contributed by atoms with Crippen LogP contribution in [0.2, 0.25) is 0 Å². The molecule has 16 heavy (non-hydrogen) atoms. The van der Waals surface area contributed by atoms with Crippen LogP contribution in [0.4, 0.5) is 4.39 Å². The van der Waals surface area contributed by atoms with Crippen molar-refractivity contribution in [3.63, 3.8) is 0 Å². The Hall–Kier alpha value is -0.610. The lowest BCUT2D eigenvalue weighted by Gasteiger charge is -2.20. The Balaban J connectivity index is 2.52. The molecule has 0 amide bonds. The fraction of sp³-hybridized carbons (Fsp3) is 0.417. The average Bonchev–Trinajstić information content (AvgIpc) is 2.29. The van der Waals surface area contributed by atoms with E-state index in [0.29, 0.717) is 11.3 Å². The SMILES string of the molecule is CCN(CC)C(=S)SCc1ccccc1F. The molecule has 0 saturated carbocycles. The molecule has 0 aliphatic carbocycles. The lowest BCUT2D eigenvalue weighted by atomic mass is 10.2. The molecule has 0 unspecified atom stereocenters. The van der Waals surface area contributed by atoms with Crippen LogP contribution in [0, 0.1) is 5.82 Å². The summed E-state index contributed by atoms with van der Waals surface area (Å²) in [6.07, 6.45) is 0. The molecule has 0 aliphatic heterocycles. The Morgan fingerprint density at radius 3 is 2.50 bits per heavy atom. The molecule has 0 aliphatic rings. The summed E-state index contributed by atoms with van der Waals surface area (Å²) in [5.41, 5.74) is 0.710. The van der Waals surface area contributed by atoms with E-state index in [9.17, 15) is 4.39 Å². The molecule has 0 heterocycles. The number of rotatable bonds is 4. The predicted octanol–water partition coefficient (Wildman–Crippen LogP) is 3.69. The second-order valence-corrected chi connectivity index (χ2v) is 4.93. The summed E-state index contributed by atoms with van der Waals surface area (Å²) in [5.74, 6) is 0.444. The standard InChI is InChI=1S/C12H16FNS2/c1-3-14(4-2)12(15)16-9-10-7-5-6-8-11(10)13/h5-8H,3-4,9H2,1-2H3. The molecule has 0 saturated heterocycles. The van der Waals surface area contributed by atoms with E-state index >= 15 is 0 Å². The molecule has 0 aromatic heterocycles. The molecule has 0 bridgehead atoms. The zero-order valence-electron chi connectivity index (χ0n) is 9.57. The monoisotopic (exact) mass is 257 g/mol. The van der Waals surface area contributed by atoms with Gasteiger partial charge in [0, 0.05) is 18.8 Å². The fourth-order valence-electron chi connectivity index (χ4n) is 1.33. The molecule has 88 valence electrons. The summed E-state index contributed by atoms with van der Waals surface area (Å²) in [6.45, 7) is 5.94. The van der Waals surface area contributed by atoms with Gasteiger partial charge < -0.3 is 4.90 Å². The maximum Gasteiger partial charge on any atom is 0.136 e. The van der Waals surface area contributed by atoms with Gasteiger partial charge in [0.1, 0.15) is 10.1 Å². The maximum atomic E-state index is 13.3. The highest BCUT2D eigenvalue weighted by molar-refractivity contribution is 8.22. The maximum absolute atomic E-state index is 13.3. The van der Waals surface area contributed by atoms with Gasteiger partial charge in [-0.1, -0.05) is 42.2 Å². The van der Waals surface area contributed by atoms with E-state index in [2.05, 4.69) is 18.7 Å². The number of hydrogen-bond acceptors (Lipinski definition) is 2. The third-order valence-electron chi connectivity index (χ3n) is 2.33. The van der Waals surface area contributed by atoms with Gasteiger partial charge in [-0.2, -0.15) is 0 Å². The molecule has 0 fully saturated rings. The van der Waals surface area contributed by atoms with Crippen molar-refractivity contribution in [1.29, 1.82) is 0 Å². The first-order valence-electron chi connectivity index (χ1n) is 5.34. The van der Waals surface area contributed by atoms with Crippen LogP contribution in [0.15, 0.2) is 24.3 Å². The number of hydrogen-bond donors (Lipinski definition) is 0. The van der Waals surface area contributed by atoms with Crippen molar-refractivity contribution in [2.24, 2.45) is 0 Å². The summed E-state index contributed by atoms with van der Waals surface area (Å²) in [6, 6.07) is 6.83. The Bertz CT molecular complexity index is 351. The third kappa shape index (κ3) is 3.76. The molecule has 0 radical (unpaired) electrons. The van der Waals surface area contributed by atoms with Gasteiger partial charge in [-0.3, -0.25) is 0 Å². The molecule has 1 aromatic carbocycles. The Labute approximate surface area is 106 Å². The van der Waals surface area contributed by atoms with Gasteiger partial charge >= 0.3 is 0 Å². The second-order valence-electron chi connectivity index (χ2n) is 3.32. The fourth-order valence-corrected chi connectivity index (χ4v) is 2.72. The summed E-state index contributed by atoms with van der Waals surface area (Å²) >= 11 is 6.80. The van der Waals surface area contributed by atoms with E-state index < -0.39 is 0 Å². The molecular weight excluding hydrogens is 241 g/mol. The van der Waals surface area contributed by atoms with Crippen molar-refractivity contribution in [2.45, 2.75) is 19.6 Å². The van der Waals surface area contributed by atoms with Crippen molar-refractivity contribution in [3.05, 3.63) is 35.6 Å². The molecular formula is C12H16FNS2. The zero-order valence-corrected chi connectivity index (χ0v) is 11.2. The van der Waals surface area contributed by atoms with E-state index in [-0.39, 0.29) is 5.82 Å². The van der Waals surface area contributed by atoms with Crippen molar-refractivity contribution >= 4 is 28.3 Å². The van der Waals surface area contributed by atoms with Crippen molar-refractivity contribution < 1.29 is 4.39 Å². The molecule has 0 spiro atoms. The van der Waals surface area contributed by atoms with Crippen LogP contribution in [0.25, 0.3) is 0 Å². The lowest BCUT2D eigenvalue weighted by Crippen LogP contribution is -2.26. The third-order valence-corrected chi connectivity index (χ3v) is 3.90. The highest BCUT2D eigenvalue weighted by Gasteiger charge is 2.07. The highest BCUT2D eigenvalue weighted by Crippen LogP contribution is 2.18. The number of nitrogens with zero attached hydrogens (tertiary/aromatic N) is 1. The van der Waals surface area contributed by atoms with Crippen molar-refractivity contribution in [2.75, 3.05) is 13.1 Å². The van der Waals surface area contributed by atoms with Gasteiger partial charge in [-0.15, -0.1) is 0 Å². The normalized spacial score (nSPS) is 10.2. The lowest BCUT2D eigenvalue weighted by molar-refractivity contribution is 0.482. The van der Waals surface area contributed by atoms with Crippen LogP contribution in [0.1, 0.15) is 19.4 Å². The Morgan fingerprint density at radius 2 is 1.94 bits per heavy atom. The first kappa shape index (κ1) is 13.5. The van der Waals surface area contributed by atoms with Gasteiger partial charge in [-0.05, 0) is 25.5 Å². The minimum Gasteiger partial charge on any atom is -0.358 e. The van der Waals surface area contributed by atoms with Crippen LogP contribution >= 0.6 is 24.0 Å². The number of thiocarbonyl (C=S) groups is 1. The number of thioether (sulfide) groups is 1. The molecule has 4 heteroatoms. The van der Waals surface area contributed by atoms with Gasteiger partial charge in [-0.25, -0.2) is 4.39 Å². The smallest absolute Gasteiger partial charge is 0.136 e. The van der Waals surface area contributed by atoms with Crippen molar-refractivity contribution in [1.82, 2.24) is 4.90 Å². The first-order valence-corrected chi connectivity index (χ1v) is 6.73. The van der Waals surface area contributed by atoms with Gasteiger partial charge in [0.15, 0.2) is 0 Å².